The van der Waals surface area contributed by atoms with E-state index in [1.165, 1.54) is 25.3 Å². The normalized spacial score (nSPS) is 11.8. The monoisotopic (exact) mass is 364 g/mol. The standard InChI is InChI=1S/C17H20N2O3S2/c1-3-19(13-15-5-4-12-23-15)17(20)11-8-14-6-9-16(10-7-14)24(21,22)18-2/h4-12,18H,3,13H2,1-2H3/b11-8+. The Kier molecular flexibility index (Phi) is 6.30. The molecule has 1 heterocycles. The Morgan fingerprint density at radius 1 is 1.25 bits per heavy atom. The minimum atomic E-state index is -3.44. The number of hydrogen-bond acceptors (Lipinski definition) is 4. The van der Waals surface area contributed by atoms with Gasteiger partial charge in [-0.3, -0.25) is 4.79 Å². The predicted octanol–water partition coefficient (Wildman–Crippen LogP) is 2.72. The number of nitrogens with zero attached hydrogens (tertiary/aromatic N) is 1. The van der Waals surface area contributed by atoms with Gasteiger partial charge >= 0.3 is 0 Å². The Labute approximate surface area is 146 Å². The molecule has 0 atom stereocenters. The summed E-state index contributed by atoms with van der Waals surface area (Å²) in [5.74, 6) is -0.0715. The second-order valence-corrected chi connectivity index (χ2v) is 7.96. The Balaban J connectivity index is 2.05. The lowest BCUT2D eigenvalue weighted by Gasteiger charge is -2.18. The Hall–Kier alpha value is -1.96. The van der Waals surface area contributed by atoms with Crippen LogP contribution in [0.3, 0.4) is 0 Å². The van der Waals surface area contributed by atoms with Crippen LogP contribution in [0.1, 0.15) is 17.4 Å². The number of thiophene rings is 1. The topological polar surface area (TPSA) is 66.5 Å². The van der Waals surface area contributed by atoms with Gasteiger partial charge < -0.3 is 4.90 Å². The largest absolute Gasteiger partial charge is 0.334 e. The van der Waals surface area contributed by atoms with Crippen molar-refractivity contribution in [1.29, 1.82) is 0 Å². The van der Waals surface area contributed by atoms with E-state index in [0.717, 1.165) is 10.4 Å². The molecular weight excluding hydrogens is 344 g/mol. The van der Waals surface area contributed by atoms with Crippen molar-refractivity contribution in [3.63, 3.8) is 0 Å². The lowest BCUT2D eigenvalue weighted by atomic mass is 10.2. The first-order valence-corrected chi connectivity index (χ1v) is 9.85. The summed E-state index contributed by atoms with van der Waals surface area (Å²) in [6.45, 7) is 3.16. The molecular formula is C17H20N2O3S2. The average Bonchev–Trinajstić information content (AvgIpc) is 3.11. The van der Waals surface area contributed by atoms with E-state index in [1.54, 1.807) is 34.4 Å². The van der Waals surface area contributed by atoms with Crippen LogP contribution >= 0.6 is 11.3 Å². The Morgan fingerprint density at radius 3 is 2.50 bits per heavy atom. The number of likely N-dealkylation sites (N-methyl/N-ethyl adjacent to an activating group) is 1. The summed E-state index contributed by atoms with van der Waals surface area (Å²) in [7, 11) is -2.07. The van der Waals surface area contributed by atoms with Gasteiger partial charge in [0, 0.05) is 17.5 Å². The molecule has 1 amide bonds. The fraction of sp³-hybridized carbons (Fsp3) is 0.235. The zero-order valence-electron chi connectivity index (χ0n) is 13.6. The summed E-state index contributed by atoms with van der Waals surface area (Å²) >= 11 is 1.62. The molecule has 1 aromatic carbocycles. The number of carbonyl (C=O) groups is 1. The van der Waals surface area contributed by atoms with Crippen LogP contribution in [0.4, 0.5) is 0 Å². The molecule has 1 N–H and O–H groups in total. The van der Waals surface area contributed by atoms with Crippen molar-refractivity contribution in [2.75, 3.05) is 13.6 Å². The molecule has 0 spiro atoms. The number of carbonyl (C=O) groups excluding carboxylic acids is 1. The molecule has 0 unspecified atom stereocenters. The molecule has 1 aromatic heterocycles. The van der Waals surface area contributed by atoms with Crippen LogP contribution in [0.2, 0.25) is 0 Å². The number of nitrogens with one attached hydrogen (secondary N) is 1. The van der Waals surface area contributed by atoms with Crippen molar-refractivity contribution >= 4 is 33.3 Å². The third-order valence-corrected chi connectivity index (χ3v) is 5.79. The first-order valence-electron chi connectivity index (χ1n) is 7.49. The molecule has 2 aromatic rings. The van der Waals surface area contributed by atoms with Crippen molar-refractivity contribution in [2.24, 2.45) is 0 Å². The van der Waals surface area contributed by atoms with Crippen LogP contribution < -0.4 is 4.72 Å². The van der Waals surface area contributed by atoms with E-state index < -0.39 is 10.0 Å². The molecule has 2 rings (SSSR count). The van der Waals surface area contributed by atoms with Crippen LogP contribution in [0.5, 0.6) is 0 Å². The van der Waals surface area contributed by atoms with Crippen LogP contribution in [0.15, 0.2) is 52.7 Å². The van der Waals surface area contributed by atoms with E-state index in [9.17, 15) is 13.2 Å². The summed E-state index contributed by atoms with van der Waals surface area (Å²) in [4.78, 5) is 15.4. The molecule has 0 radical (unpaired) electrons. The summed E-state index contributed by atoms with van der Waals surface area (Å²) in [5, 5.41) is 1.99. The van der Waals surface area contributed by atoms with Gasteiger partial charge in [0.15, 0.2) is 0 Å². The first-order chi connectivity index (χ1) is 11.5. The van der Waals surface area contributed by atoms with E-state index in [2.05, 4.69) is 4.72 Å². The summed E-state index contributed by atoms with van der Waals surface area (Å²) in [6, 6.07) is 10.3. The summed E-state index contributed by atoms with van der Waals surface area (Å²) in [6.07, 6.45) is 3.20. The molecule has 0 bridgehead atoms. The average molecular weight is 364 g/mol. The number of amides is 1. The van der Waals surface area contributed by atoms with Gasteiger partial charge in [-0.25, -0.2) is 13.1 Å². The van der Waals surface area contributed by atoms with Gasteiger partial charge in [0.25, 0.3) is 0 Å². The zero-order chi connectivity index (χ0) is 17.6. The third kappa shape index (κ3) is 4.77. The van der Waals surface area contributed by atoms with Gasteiger partial charge in [-0.05, 0) is 49.2 Å². The van der Waals surface area contributed by atoms with Gasteiger partial charge in [-0.15, -0.1) is 11.3 Å². The van der Waals surface area contributed by atoms with Crippen molar-refractivity contribution < 1.29 is 13.2 Å². The number of rotatable bonds is 7. The number of sulfonamides is 1. The highest BCUT2D eigenvalue weighted by Crippen LogP contribution is 2.14. The second kappa shape index (κ2) is 8.23. The molecule has 0 saturated carbocycles. The maximum atomic E-state index is 12.3. The van der Waals surface area contributed by atoms with Crippen molar-refractivity contribution in [2.45, 2.75) is 18.4 Å². The van der Waals surface area contributed by atoms with Crippen molar-refractivity contribution in [3.8, 4) is 0 Å². The highest BCUT2D eigenvalue weighted by molar-refractivity contribution is 7.89. The van der Waals surface area contributed by atoms with E-state index in [1.807, 2.05) is 24.4 Å². The molecule has 0 aliphatic carbocycles. The maximum absolute atomic E-state index is 12.3. The Bertz CT molecular complexity index is 795. The molecule has 0 aliphatic rings. The molecule has 5 nitrogen and oxygen atoms in total. The molecule has 0 fully saturated rings. The fourth-order valence-corrected chi connectivity index (χ4v) is 3.53. The quantitative estimate of drug-likeness (QED) is 0.768. The molecule has 7 heteroatoms. The summed E-state index contributed by atoms with van der Waals surface area (Å²) < 4.78 is 25.6. The number of hydrogen-bond donors (Lipinski definition) is 1. The van der Waals surface area contributed by atoms with E-state index in [-0.39, 0.29) is 10.8 Å². The van der Waals surface area contributed by atoms with Crippen LogP contribution in [0.25, 0.3) is 6.08 Å². The van der Waals surface area contributed by atoms with Crippen LogP contribution in [-0.4, -0.2) is 32.8 Å². The van der Waals surface area contributed by atoms with E-state index >= 15 is 0 Å². The second-order valence-electron chi connectivity index (χ2n) is 5.04. The number of benzene rings is 1. The first kappa shape index (κ1) is 18.4. The van der Waals surface area contributed by atoms with Gasteiger partial charge in [0.05, 0.1) is 11.4 Å². The minimum Gasteiger partial charge on any atom is -0.334 e. The van der Waals surface area contributed by atoms with Crippen molar-refractivity contribution in [3.05, 3.63) is 58.3 Å². The van der Waals surface area contributed by atoms with Crippen molar-refractivity contribution in [1.82, 2.24) is 9.62 Å². The van der Waals surface area contributed by atoms with E-state index in [0.29, 0.717) is 13.1 Å². The van der Waals surface area contributed by atoms with Gasteiger partial charge in [-0.2, -0.15) is 0 Å². The molecule has 0 saturated heterocycles. The maximum Gasteiger partial charge on any atom is 0.246 e. The van der Waals surface area contributed by atoms with Gasteiger partial charge in [0.2, 0.25) is 15.9 Å². The minimum absolute atomic E-state index is 0.0715. The highest BCUT2D eigenvalue weighted by atomic mass is 32.2. The molecule has 24 heavy (non-hydrogen) atoms. The van der Waals surface area contributed by atoms with Crippen LogP contribution in [0, 0.1) is 0 Å². The molecule has 128 valence electrons. The lowest BCUT2D eigenvalue weighted by molar-refractivity contribution is -0.126. The SMILES string of the molecule is CCN(Cc1cccs1)C(=O)/C=C/c1ccc(S(=O)(=O)NC)cc1. The predicted molar refractivity (Wildman–Crippen MR) is 97.1 cm³/mol. The third-order valence-electron chi connectivity index (χ3n) is 3.50. The smallest absolute Gasteiger partial charge is 0.246 e. The van der Waals surface area contributed by atoms with Gasteiger partial charge in [0.1, 0.15) is 0 Å². The van der Waals surface area contributed by atoms with Crippen LogP contribution in [-0.2, 0) is 21.4 Å². The zero-order valence-corrected chi connectivity index (χ0v) is 15.2. The van der Waals surface area contributed by atoms with E-state index in [4.69, 9.17) is 0 Å². The highest BCUT2D eigenvalue weighted by Gasteiger charge is 2.11. The molecule has 0 aliphatic heterocycles. The fourth-order valence-electron chi connectivity index (χ4n) is 2.09. The lowest BCUT2D eigenvalue weighted by Crippen LogP contribution is -2.28. The Morgan fingerprint density at radius 2 is 1.96 bits per heavy atom. The van der Waals surface area contributed by atoms with Gasteiger partial charge in [-0.1, -0.05) is 18.2 Å². The summed E-state index contributed by atoms with van der Waals surface area (Å²) in [5.41, 5.74) is 0.769.